The van der Waals surface area contributed by atoms with E-state index >= 15 is 0 Å². The Morgan fingerprint density at radius 2 is 2.00 bits per heavy atom. The molecule has 1 aliphatic rings. The van der Waals surface area contributed by atoms with Crippen LogP contribution in [0.15, 0.2) is 0 Å². The van der Waals surface area contributed by atoms with E-state index in [2.05, 4.69) is 18.6 Å². The maximum absolute atomic E-state index is 12.5. The number of piperidine rings is 1. The van der Waals surface area contributed by atoms with Crippen molar-refractivity contribution in [2.24, 2.45) is 5.73 Å². The van der Waals surface area contributed by atoms with Gasteiger partial charge >= 0.3 is 0 Å². The summed E-state index contributed by atoms with van der Waals surface area (Å²) in [4.78, 5) is 0. The molecule has 0 amide bonds. The highest BCUT2D eigenvalue weighted by Gasteiger charge is 2.33. The summed E-state index contributed by atoms with van der Waals surface area (Å²) in [6.45, 7) is 5.69. The number of rotatable bonds is 8. The number of nitrogens with two attached hydrogens (primary N) is 1. The fourth-order valence-corrected chi connectivity index (χ4v) is 5.16. The van der Waals surface area contributed by atoms with Gasteiger partial charge in [0.25, 0.3) is 10.2 Å². The van der Waals surface area contributed by atoms with Gasteiger partial charge < -0.3 is 5.73 Å². The Labute approximate surface area is 128 Å². The van der Waals surface area contributed by atoms with E-state index in [0.29, 0.717) is 19.6 Å². The molecule has 1 fully saturated rings. The van der Waals surface area contributed by atoms with Crippen LogP contribution in [0.5, 0.6) is 0 Å². The molecule has 1 heterocycles. The van der Waals surface area contributed by atoms with Crippen LogP contribution < -0.4 is 10.5 Å². The van der Waals surface area contributed by atoms with Gasteiger partial charge in [-0.2, -0.15) is 24.5 Å². The van der Waals surface area contributed by atoms with Crippen molar-refractivity contribution in [1.29, 1.82) is 0 Å². The highest BCUT2D eigenvalue weighted by Crippen LogP contribution is 2.30. The Morgan fingerprint density at radius 1 is 1.35 bits per heavy atom. The van der Waals surface area contributed by atoms with Crippen molar-refractivity contribution in [2.45, 2.75) is 56.7 Å². The Hall–Kier alpha value is 0.180. The van der Waals surface area contributed by atoms with E-state index in [1.54, 1.807) is 16.1 Å². The molecule has 0 aromatic heterocycles. The summed E-state index contributed by atoms with van der Waals surface area (Å²) in [6, 6.07) is -0.0480. The highest BCUT2D eigenvalue weighted by atomic mass is 32.2. The van der Waals surface area contributed by atoms with E-state index in [9.17, 15) is 8.42 Å². The van der Waals surface area contributed by atoms with E-state index in [-0.39, 0.29) is 10.8 Å². The average Bonchev–Trinajstić information content (AvgIpc) is 2.49. The molecule has 0 aromatic carbocycles. The summed E-state index contributed by atoms with van der Waals surface area (Å²) >= 11 is 1.74. The van der Waals surface area contributed by atoms with Crippen molar-refractivity contribution in [3.63, 3.8) is 0 Å². The third kappa shape index (κ3) is 4.34. The van der Waals surface area contributed by atoms with Crippen molar-refractivity contribution >= 4 is 22.0 Å². The maximum atomic E-state index is 12.5. The molecular weight excluding hydrogens is 294 g/mol. The fraction of sp³-hybridized carbons (Fsp3) is 1.00. The minimum Gasteiger partial charge on any atom is -0.329 e. The number of hydrogen-bond donors (Lipinski definition) is 2. The second kappa shape index (κ2) is 7.98. The van der Waals surface area contributed by atoms with Crippen molar-refractivity contribution < 1.29 is 8.42 Å². The van der Waals surface area contributed by atoms with Crippen molar-refractivity contribution in [3.8, 4) is 0 Å². The molecule has 1 saturated heterocycles. The predicted molar refractivity (Wildman–Crippen MR) is 87.1 cm³/mol. The van der Waals surface area contributed by atoms with Gasteiger partial charge in [0.15, 0.2) is 0 Å². The first-order valence-corrected chi connectivity index (χ1v) is 10.1. The third-order valence-corrected chi connectivity index (χ3v) is 7.65. The Kier molecular flexibility index (Phi) is 7.28. The van der Waals surface area contributed by atoms with Gasteiger partial charge in [-0.25, -0.2) is 4.72 Å². The van der Waals surface area contributed by atoms with E-state index in [0.717, 1.165) is 32.1 Å². The van der Waals surface area contributed by atoms with E-state index in [1.807, 2.05) is 6.26 Å². The Balaban J connectivity index is 2.73. The third-order valence-electron chi connectivity index (χ3n) is 4.45. The van der Waals surface area contributed by atoms with Crippen LogP contribution in [-0.4, -0.2) is 49.4 Å². The van der Waals surface area contributed by atoms with Crippen LogP contribution >= 0.6 is 11.8 Å². The second-order valence-electron chi connectivity index (χ2n) is 5.42. The van der Waals surface area contributed by atoms with Gasteiger partial charge in [0, 0.05) is 30.4 Å². The minimum atomic E-state index is -3.42. The zero-order valence-electron chi connectivity index (χ0n) is 12.9. The maximum Gasteiger partial charge on any atom is 0.279 e. The summed E-state index contributed by atoms with van der Waals surface area (Å²) in [5, 5.41) is 0. The zero-order valence-corrected chi connectivity index (χ0v) is 14.5. The van der Waals surface area contributed by atoms with Crippen molar-refractivity contribution in [1.82, 2.24) is 9.03 Å². The van der Waals surface area contributed by atoms with Gasteiger partial charge in [-0.15, -0.1) is 0 Å². The lowest BCUT2D eigenvalue weighted by atomic mass is 10.0. The molecule has 0 radical (unpaired) electrons. The summed E-state index contributed by atoms with van der Waals surface area (Å²) in [6.07, 6.45) is 6.80. The summed E-state index contributed by atoms with van der Waals surface area (Å²) < 4.78 is 29.4. The largest absolute Gasteiger partial charge is 0.329 e. The minimum absolute atomic E-state index is 0.0128. The lowest BCUT2D eigenvalue weighted by molar-refractivity contribution is 0.254. The molecule has 120 valence electrons. The molecule has 3 N–H and O–H groups in total. The first-order chi connectivity index (χ1) is 9.44. The van der Waals surface area contributed by atoms with Crippen LogP contribution in [0.2, 0.25) is 0 Å². The number of nitrogens with one attached hydrogen (secondary N) is 1. The molecular formula is C13H29N3O2S2. The molecule has 0 aliphatic carbocycles. The van der Waals surface area contributed by atoms with Gasteiger partial charge in [0.2, 0.25) is 0 Å². The lowest BCUT2D eigenvalue weighted by Crippen LogP contribution is -2.53. The SMILES string of the molecule is CCC(CC)(CNS(=O)(=O)N1CCCCC1CN)SC. The van der Waals surface area contributed by atoms with Gasteiger partial charge in [-0.05, 0) is 31.9 Å². The van der Waals surface area contributed by atoms with Crippen LogP contribution in [0.3, 0.4) is 0 Å². The van der Waals surface area contributed by atoms with Gasteiger partial charge in [0.1, 0.15) is 0 Å². The molecule has 1 unspecified atom stereocenters. The Bertz CT molecular complexity index is 375. The molecule has 20 heavy (non-hydrogen) atoms. The van der Waals surface area contributed by atoms with Crippen LogP contribution in [-0.2, 0) is 10.2 Å². The van der Waals surface area contributed by atoms with Gasteiger partial charge in [-0.1, -0.05) is 20.3 Å². The quantitative estimate of drug-likeness (QED) is 0.711. The molecule has 7 heteroatoms. The molecule has 0 saturated carbocycles. The monoisotopic (exact) mass is 323 g/mol. The first kappa shape index (κ1) is 18.2. The summed E-state index contributed by atoms with van der Waals surface area (Å²) in [5.74, 6) is 0. The van der Waals surface area contributed by atoms with Crippen molar-refractivity contribution in [2.75, 3.05) is 25.9 Å². The molecule has 0 aromatic rings. The topological polar surface area (TPSA) is 75.4 Å². The van der Waals surface area contributed by atoms with E-state index in [4.69, 9.17) is 5.73 Å². The molecule has 5 nitrogen and oxygen atoms in total. The van der Waals surface area contributed by atoms with Crippen LogP contribution in [0.1, 0.15) is 46.0 Å². The average molecular weight is 324 g/mol. The predicted octanol–water partition coefficient (Wildman–Crippen LogP) is 1.56. The zero-order chi connectivity index (χ0) is 15.2. The molecule has 1 atom stereocenters. The van der Waals surface area contributed by atoms with E-state index < -0.39 is 10.2 Å². The number of thioether (sulfide) groups is 1. The molecule has 1 rings (SSSR count). The van der Waals surface area contributed by atoms with Gasteiger partial charge in [0.05, 0.1) is 0 Å². The fourth-order valence-electron chi connectivity index (χ4n) is 2.69. The van der Waals surface area contributed by atoms with Crippen LogP contribution in [0, 0.1) is 0 Å². The highest BCUT2D eigenvalue weighted by molar-refractivity contribution is 8.00. The molecule has 0 bridgehead atoms. The smallest absolute Gasteiger partial charge is 0.279 e. The number of nitrogens with zero attached hydrogens (tertiary/aromatic N) is 1. The first-order valence-electron chi connectivity index (χ1n) is 7.46. The molecule has 1 aliphatic heterocycles. The van der Waals surface area contributed by atoms with E-state index in [1.165, 1.54) is 0 Å². The van der Waals surface area contributed by atoms with Gasteiger partial charge in [-0.3, -0.25) is 0 Å². The summed E-state index contributed by atoms with van der Waals surface area (Å²) in [5.41, 5.74) is 5.71. The number of hydrogen-bond acceptors (Lipinski definition) is 4. The van der Waals surface area contributed by atoms with Crippen LogP contribution in [0.4, 0.5) is 0 Å². The standard InChI is InChI=1S/C13H29N3O2S2/c1-4-13(5-2,19-3)11-15-20(17,18)16-9-7-6-8-12(16)10-14/h12,15H,4-11,14H2,1-3H3. The normalized spacial score (nSPS) is 22.1. The Morgan fingerprint density at radius 3 is 2.50 bits per heavy atom. The summed E-state index contributed by atoms with van der Waals surface area (Å²) in [7, 11) is -3.42. The lowest BCUT2D eigenvalue weighted by Gasteiger charge is -2.36. The van der Waals surface area contributed by atoms with Crippen LogP contribution in [0.25, 0.3) is 0 Å². The van der Waals surface area contributed by atoms with Crippen molar-refractivity contribution in [3.05, 3.63) is 0 Å². The second-order valence-corrected chi connectivity index (χ2v) is 8.40. The molecule has 0 spiro atoms.